The first kappa shape index (κ1) is 21.6. The molecule has 0 aromatic heterocycles. The van der Waals surface area contributed by atoms with E-state index in [0.29, 0.717) is 0 Å². The van der Waals surface area contributed by atoms with Crippen LogP contribution >= 0.6 is 11.8 Å². The van der Waals surface area contributed by atoms with Crippen LogP contribution in [0.2, 0.25) is 0 Å². The van der Waals surface area contributed by atoms with E-state index in [9.17, 15) is 14.4 Å². The van der Waals surface area contributed by atoms with E-state index >= 15 is 0 Å². The zero-order valence-electron chi connectivity index (χ0n) is 14.2. The van der Waals surface area contributed by atoms with Crippen molar-refractivity contribution in [2.75, 3.05) is 12.3 Å². The lowest BCUT2D eigenvalue weighted by molar-refractivity contribution is -0.172. The Morgan fingerprint density at radius 2 is 1.83 bits per heavy atom. The maximum atomic E-state index is 11.7. The van der Waals surface area contributed by atoms with Crippen molar-refractivity contribution in [1.29, 1.82) is 0 Å². The molecule has 0 aromatic rings. The van der Waals surface area contributed by atoms with Gasteiger partial charge in [0.2, 0.25) is 0 Å². The molecular weight excluding hydrogens is 322 g/mol. The summed E-state index contributed by atoms with van der Waals surface area (Å²) in [6, 6.07) is 0. The smallest absolute Gasteiger partial charge is 0.410 e. The molecule has 8 heteroatoms. The van der Waals surface area contributed by atoms with E-state index in [2.05, 4.69) is 12.2 Å². The van der Waals surface area contributed by atoms with Crippen LogP contribution in [0.5, 0.6) is 0 Å². The Morgan fingerprint density at radius 3 is 2.30 bits per heavy atom. The molecule has 0 saturated heterocycles. The van der Waals surface area contributed by atoms with Crippen LogP contribution < -0.4 is 5.32 Å². The van der Waals surface area contributed by atoms with Crippen molar-refractivity contribution in [3.63, 3.8) is 0 Å². The Bertz CT molecular complexity index is 388. The van der Waals surface area contributed by atoms with E-state index in [0.717, 1.165) is 25.0 Å². The van der Waals surface area contributed by atoms with Crippen LogP contribution in [0.15, 0.2) is 0 Å². The topological polar surface area (TPSA) is 102 Å². The van der Waals surface area contributed by atoms with Crippen LogP contribution in [0.1, 0.15) is 47.0 Å². The molecule has 0 unspecified atom stereocenters. The first-order valence-corrected chi connectivity index (χ1v) is 8.78. The quantitative estimate of drug-likeness (QED) is 0.336. The second-order valence-electron chi connectivity index (χ2n) is 5.41. The Hall–Kier alpha value is -1.44. The molecule has 7 nitrogen and oxygen atoms in total. The summed E-state index contributed by atoms with van der Waals surface area (Å²) in [7, 11) is 0. The maximum absolute atomic E-state index is 11.7. The Labute approximate surface area is 141 Å². The van der Waals surface area contributed by atoms with Crippen LogP contribution in [-0.2, 0) is 19.1 Å². The second-order valence-corrected chi connectivity index (χ2v) is 6.72. The van der Waals surface area contributed by atoms with Crippen LogP contribution in [0, 0.1) is 5.92 Å². The lowest BCUT2D eigenvalue weighted by Gasteiger charge is -2.21. The molecule has 0 fully saturated rings. The zero-order valence-corrected chi connectivity index (χ0v) is 15.0. The SMILES string of the molecule is CCCCCS[C@@H](CNC(=O)O[C@H](OC(C)=O)C(C)C)C(=O)O. The molecule has 2 N–H and O–H groups in total. The molecule has 0 aromatic carbocycles. The number of unbranched alkanes of at least 4 members (excludes halogenated alkanes) is 2. The molecule has 1 amide bonds. The third kappa shape index (κ3) is 10.8. The van der Waals surface area contributed by atoms with E-state index in [-0.39, 0.29) is 12.5 Å². The number of ether oxygens (including phenoxy) is 2. The summed E-state index contributed by atoms with van der Waals surface area (Å²) in [6.45, 7) is 6.74. The van der Waals surface area contributed by atoms with Gasteiger partial charge in [0.1, 0.15) is 5.25 Å². The van der Waals surface area contributed by atoms with Crippen LogP contribution in [0.4, 0.5) is 4.79 Å². The van der Waals surface area contributed by atoms with Gasteiger partial charge in [0.05, 0.1) is 0 Å². The number of hydrogen-bond acceptors (Lipinski definition) is 6. The number of carboxylic acid groups (broad SMARTS) is 1. The number of hydrogen-bond donors (Lipinski definition) is 2. The molecule has 0 radical (unpaired) electrons. The van der Waals surface area contributed by atoms with E-state index < -0.39 is 29.6 Å². The number of aliphatic carboxylic acids is 1. The number of thioether (sulfide) groups is 1. The van der Waals surface area contributed by atoms with Gasteiger partial charge in [-0.1, -0.05) is 33.6 Å². The molecule has 0 aliphatic carbocycles. The van der Waals surface area contributed by atoms with Crippen molar-refractivity contribution in [2.24, 2.45) is 5.92 Å². The molecule has 134 valence electrons. The first-order valence-electron chi connectivity index (χ1n) is 7.74. The van der Waals surface area contributed by atoms with Crippen molar-refractivity contribution in [2.45, 2.75) is 58.5 Å². The summed E-state index contributed by atoms with van der Waals surface area (Å²) < 4.78 is 9.89. The highest BCUT2D eigenvalue weighted by Crippen LogP contribution is 2.14. The van der Waals surface area contributed by atoms with Crippen LogP contribution in [0.25, 0.3) is 0 Å². The molecule has 0 bridgehead atoms. The van der Waals surface area contributed by atoms with Gasteiger partial charge in [-0.2, -0.15) is 0 Å². The summed E-state index contributed by atoms with van der Waals surface area (Å²) in [4.78, 5) is 33.8. The third-order valence-electron chi connectivity index (χ3n) is 2.82. The second kappa shape index (κ2) is 12.0. The number of rotatable bonds is 11. The minimum absolute atomic E-state index is 0.0458. The van der Waals surface area contributed by atoms with E-state index in [1.165, 1.54) is 18.7 Å². The highest BCUT2D eigenvalue weighted by atomic mass is 32.2. The first-order chi connectivity index (χ1) is 10.8. The predicted octanol–water partition coefficient (Wildman–Crippen LogP) is 2.63. The minimum Gasteiger partial charge on any atom is -0.480 e. The molecule has 0 aliphatic heterocycles. The fourth-order valence-electron chi connectivity index (χ4n) is 1.58. The normalized spacial score (nSPS) is 13.3. The molecule has 0 rings (SSSR count). The molecule has 2 atom stereocenters. The molecular formula is C15H27NO6S. The Balaban J connectivity index is 4.28. The van der Waals surface area contributed by atoms with Gasteiger partial charge in [-0.15, -0.1) is 11.8 Å². The molecule has 23 heavy (non-hydrogen) atoms. The van der Waals surface area contributed by atoms with Crippen molar-refractivity contribution in [3.8, 4) is 0 Å². The van der Waals surface area contributed by atoms with E-state index in [1.807, 2.05) is 0 Å². The maximum Gasteiger partial charge on any atom is 0.410 e. The van der Waals surface area contributed by atoms with Gasteiger partial charge in [-0.3, -0.25) is 9.59 Å². The average molecular weight is 349 g/mol. The summed E-state index contributed by atoms with van der Waals surface area (Å²) in [5.74, 6) is -1.01. The summed E-state index contributed by atoms with van der Waals surface area (Å²) in [5.41, 5.74) is 0. The monoisotopic (exact) mass is 349 g/mol. The lowest BCUT2D eigenvalue weighted by atomic mass is 10.2. The van der Waals surface area contributed by atoms with Crippen molar-refractivity contribution in [3.05, 3.63) is 0 Å². The fraction of sp³-hybridized carbons (Fsp3) is 0.800. The van der Waals surface area contributed by atoms with Gasteiger partial charge in [-0.25, -0.2) is 4.79 Å². The number of carbonyl (C=O) groups excluding carboxylic acids is 2. The van der Waals surface area contributed by atoms with Gasteiger partial charge in [0, 0.05) is 19.4 Å². The average Bonchev–Trinajstić information content (AvgIpc) is 2.44. The molecule has 0 spiro atoms. The Kier molecular flexibility index (Phi) is 11.3. The number of carboxylic acids is 1. The van der Waals surface area contributed by atoms with Crippen molar-refractivity contribution in [1.82, 2.24) is 5.32 Å². The van der Waals surface area contributed by atoms with Crippen molar-refractivity contribution >= 4 is 29.8 Å². The number of amides is 1. The summed E-state index contributed by atoms with van der Waals surface area (Å²) >= 11 is 1.29. The lowest BCUT2D eigenvalue weighted by Crippen LogP contribution is -2.39. The number of esters is 1. The molecule has 0 saturated carbocycles. The molecule has 0 aliphatic rings. The number of nitrogens with one attached hydrogen (secondary N) is 1. The third-order valence-corrected chi connectivity index (χ3v) is 4.12. The van der Waals surface area contributed by atoms with Crippen LogP contribution in [0.3, 0.4) is 0 Å². The molecule has 0 heterocycles. The van der Waals surface area contributed by atoms with Gasteiger partial charge in [-0.05, 0) is 12.2 Å². The van der Waals surface area contributed by atoms with Crippen molar-refractivity contribution < 1.29 is 29.0 Å². The van der Waals surface area contributed by atoms with Gasteiger partial charge in [0.25, 0.3) is 6.29 Å². The summed E-state index contributed by atoms with van der Waals surface area (Å²) in [6.07, 6.45) is 1.26. The largest absolute Gasteiger partial charge is 0.480 e. The van der Waals surface area contributed by atoms with Gasteiger partial charge in [0.15, 0.2) is 0 Å². The highest BCUT2D eigenvalue weighted by Gasteiger charge is 2.23. The number of alkyl carbamates (subject to hydrolysis) is 1. The van der Waals surface area contributed by atoms with Gasteiger partial charge < -0.3 is 19.9 Å². The van der Waals surface area contributed by atoms with E-state index in [1.54, 1.807) is 13.8 Å². The van der Waals surface area contributed by atoms with Gasteiger partial charge >= 0.3 is 18.0 Å². The summed E-state index contributed by atoms with van der Waals surface area (Å²) in [5, 5.41) is 10.8. The van der Waals surface area contributed by atoms with Crippen LogP contribution in [-0.4, -0.2) is 47.0 Å². The number of carbonyl (C=O) groups is 3. The minimum atomic E-state index is -0.993. The predicted molar refractivity (Wildman–Crippen MR) is 88.3 cm³/mol. The fourth-order valence-corrected chi connectivity index (χ4v) is 2.58. The zero-order chi connectivity index (χ0) is 17.8. The van der Waals surface area contributed by atoms with E-state index in [4.69, 9.17) is 14.6 Å². The Morgan fingerprint density at radius 1 is 1.17 bits per heavy atom. The standard InChI is InChI=1S/C15H27NO6S/c1-5-6-7-8-23-12(13(18)19)9-16-15(20)22-14(10(2)3)21-11(4)17/h10,12,14H,5-9H2,1-4H3,(H,16,20)(H,18,19)/t12-,14-/m0/s1. The highest BCUT2D eigenvalue weighted by molar-refractivity contribution is 8.00.